The Morgan fingerprint density at radius 1 is 1.14 bits per heavy atom. The van der Waals surface area contributed by atoms with Crippen LogP contribution in [0.2, 0.25) is 10.0 Å². The first-order valence-corrected chi connectivity index (χ1v) is 7.78. The number of benzene rings is 1. The van der Waals surface area contributed by atoms with E-state index in [1.54, 1.807) is 18.3 Å². The summed E-state index contributed by atoms with van der Waals surface area (Å²) >= 11 is 11.8. The van der Waals surface area contributed by atoms with E-state index in [9.17, 15) is 4.79 Å². The van der Waals surface area contributed by atoms with Gasteiger partial charge < -0.3 is 10.2 Å². The molecule has 0 saturated heterocycles. The van der Waals surface area contributed by atoms with E-state index in [1.165, 1.54) is 6.07 Å². The van der Waals surface area contributed by atoms with Gasteiger partial charge in [-0.3, -0.25) is 4.79 Å². The maximum Gasteiger partial charge on any atom is 0.255 e. The van der Waals surface area contributed by atoms with Crippen molar-refractivity contribution in [1.82, 2.24) is 4.98 Å². The van der Waals surface area contributed by atoms with Crippen LogP contribution >= 0.6 is 23.2 Å². The molecular formula is C16H17Cl2N3O. The van der Waals surface area contributed by atoms with Crippen molar-refractivity contribution in [3.63, 3.8) is 0 Å². The van der Waals surface area contributed by atoms with Crippen molar-refractivity contribution in [2.75, 3.05) is 23.3 Å². The summed E-state index contributed by atoms with van der Waals surface area (Å²) in [6, 6.07) is 8.48. The first-order valence-electron chi connectivity index (χ1n) is 7.02. The van der Waals surface area contributed by atoms with Gasteiger partial charge in [0.1, 0.15) is 5.82 Å². The van der Waals surface area contributed by atoms with Gasteiger partial charge in [0.05, 0.1) is 21.9 Å². The van der Waals surface area contributed by atoms with Crippen LogP contribution in [0.15, 0.2) is 36.5 Å². The minimum atomic E-state index is -0.254. The Morgan fingerprint density at radius 3 is 2.41 bits per heavy atom. The molecule has 0 unspecified atom stereocenters. The number of halogens is 2. The summed E-state index contributed by atoms with van der Waals surface area (Å²) < 4.78 is 0. The van der Waals surface area contributed by atoms with Crippen molar-refractivity contribution in [2.45, 2.75) is 13.8 Å². The Balaban J connectivity index is 2.10. The number of aromatic nitrogens is 1. The van der Waals surface area contributed by atoms with Crippen LogP contribution in [-0.2, 0) is 0 Å². The molecule has 0 fully saturated rings. The molecule has 0 aliphatic carbocycles. The number of hydrogen-bond acceptors (Lipinski definition) is 3. The topological polar surface area (TPSA) is 45.2 Å². The van der Waals surface area contributed by atoms with Crippen molar-refractivity contribution in [3.8, 4) is 0 Å². The third-order valence-electron chi connectivity index (χ3n) is 3.27. The van der Waals surface area contributed by atoms with Gasteiger partial charge in [-0.25, -0.2) is 4.98 Å². The molecule has 1 amide bonds. The van der Waals surface area contributed by atoms with E-state index < -0.39 is 0 Å². The van der Waals surface area contributed by atoms with Gasteiger partial charge in [0.2, 0.25) is 0 Å². The van der Waals surface area contributed by atoms with Crippen molar-refractivity contribution < 1.29 is 4.79 Å². The van der Waals surface area contributed by atoms with Gasteiger partial charge in [-0.1, -0.05) is 23.2 Å². The van der Waals surface area contributed by atoms with Gasteiger partial charge in [-0.2, -0.15) is 0 Å². The van der Waals surface area contributed by atoms with Crippen molar-refractivity contribution in [2.24, 2.45) is 0 Å². The summed E-state index contributed by atoms with van der Waals surface area (Å²) in [7, 11) is 0. The molecular weight excluding hydrogens is 321 g/mol. The standard InChI is InChI=1S/C16H17Cl2N3O/c1-3-21(4-2)15-8-6-12(10-19-15)20-16(22)11-5-7-13(17)14(18)9-11/h5-10H,3-4H2,1-2H3,(H,20,22). The molecule has 6 heteroatoms. The summed E-state index contributed by atoms with van der Waals surface area (Å²) in [6.07, 6.45) is 1.64. The average Bonchev–Trinajstić information content (AvgIpc) is 2.52. The number of anilines is 2. The summed E-state index contributed by atoms with van der Waals surface area (Å²) in [6.45, 7) is 5.92. The fraction of sp³-hybridized carbons (Fsp3) is 0.250. The lowest BCUT2D eigenvalue weighted by atomic mass is 10.2. The van der Waals surface area contributed by atoms with Crippen LogP contribution in [0.3, 0.4) is 0 Å². The highest BCUT2D eigenvalue weighted by atomic mass is 35.5. The SMILES string of the molecule is CCN(CC)c1ccc(NC(=O)c2ccc(Cl)c(Cl)c2)cn1. The molecule has 1 heterocycles. The number of nitrogens with zero attached hydrogens (tertiary/aromatic N) is 2. The Kier molecular flexibility index (Phi) is 5.63. The van der Waals surface area contributed by atoms with Gasteiger partial charge >= 0.3 is 0 Å². The Bertz CT molecular complexity index is 655. The quantitative estimate of drug-likeness (QED) is 0.874. The van der Waals surface area contributed by atoms with Crippen LogP contribution in [0.5, 0.6) is 0 Å². The van der Waals surface area contributed by atoms with Gasteiger partial charge in [0.15, 0.2) is 0 Å². The maximum absolute atomic E-state index is 12.2. The molecule has 4 nitrogen and oxygen atoms in total. The summed E-state index contributed by atoms with van der Waals surface area (Å²) in [5.41, 5.74) is 1.08. The van der Waals surface area contributed by atoms with Gasteiger partial charge in [0, 0.05) is 18.7 Å². The van der Waals surface area contributed by atoms with Gasteiger partial charge in [-0.05, 0) is 44.2 Å². The lowest BCUT2D eigenvalue weighted by Crippen LogP contribution is -2.22. The largest absolute Gasteiger partial charge is 0.357 e. The highest BCUT2D eigenvalue weighted by Crippen LogP contribution is 2.23. The molecule has 22 heavy (non-hydrogen) atoms. The third kappa shape index (κ3) is 3.90. The Hall–Kier alpha value is -1.78. The van der Waals surface area contributed by atoms with Crippen LogP contribution in [0.25, 0.3) is 0 Å². The molecule has 1 aromatic carbocycles. The summed E-state index contributed by atoms with van der Waals surface area (Å²) in [5.74, 6) is 0.633. The van der Waals surface area contributed by atoms with Crippen molar-refractivity contribution in [1.29, 1.82) is 0 Å². The van der Waals surface area contributed by atoms with Crippen LogP contribution in [-0.4, -0.2) is 24.0 Å². The average molecular weight is 338 g/mol. The molecule has 2 rings (SSSR count). The lowest BCUT2D eigenvalue weighted by Gasteiger charge is -2.19. The molecule has 0 bridgehead atoms. The van der Waals surface area contributed by atoms with E-state index in [0.717, 1.165) is 18.9 Å². The normalized spacial score (nSPS) is 10.4. The van der Waals surface area contributed by atoms with E-state index in [0.29, 0.717) is 21.3 Å². The zero-order valence-electron chi connectivity index (χ0n) is 12.4. The second-order valence-corrected chi connectivity index (χ2v) is 5.47. The molecule has 0 saturated carbocycles. The molecule has 0 radical (unpaired) electrons. The molecule has 0 aliphatic rings. The minimum Gasteiger partial charge on any atom is -0.357 e. The van der Waals surface area contributed by atoms with E-state index in [-0.39, 0.29) is 5.91 Å². The monoisotopic (exact) mass is 337 g/mol. The zero-order valence-corrected chi connectivity index (χ0v) is 13.9. The van der Waals surface area contributed by atoms with E-state index >= 15 is 0 Å². The predicted molar refractivity (Wildman–Crippen MR) is 92.2 cm³/mol. The number of nitrogens with one attached hydrogen (secondary N) is 1. The number of carbonyl (C=O) groups excluding carboxylic acids is 1. The molecule has 2 aromatic rings. The van der Waals surface area contributed by atoms with E-state index in [2.05, 4.69) is 29.0 Å². The number of pyridine rings is 1. The maximum atomic E-state index is 12.2. The fourth-order valence-electron chi connectivity index (χ4n) is 2.04. The lowest BCUT2D eigenvalue weighted by molar-refractivity contribution is 0.102. The van der Waals surface area contributed by atoms with Crippen LogP contribution in [0.4, 0.5) is 11.5 Å². The second-order valence-electron chi connectivity index (χ2n) is 4.66. The molecule has 0 aliphatic heterocycles. The highest BCUT2D eigenvalue weighted by Gasteiger charge is 2.09. The van der Waals surface area contributed by atoms with Crippen molar-refractivity contribution >= 4 is 40.6 Å². The zero-order chi connectivity index (χ0) is 16.1. The summed E-state index contributed by atoms with van der Waals surface area (Å²) in [5, 5.41) is 3.56. The molecule has 1 N–H and O–H groups in total. The highest BCUT2D eigenvalue weighted by molar-refractivity contribution is 6.42. The third-order valence-corrected chi connectivity index (χ3v) is 4.01. The van der Waals surface area contributed by atoms with E-state index in [4.69, 9.17) is 23.2 Å². The van der Waals surface area contributed by atoms with Crippen LogP contribution in [0, 0.1) is 0 Å². The Labute approximate surface area is 140 Å². The smallest absolute Gasteiger partial charge is 0.255 e. The molecule has 0 spiro atoms. The predicted octanol–water partition coefficient (Wildman–Crippen LogP) is 4.49. The number of amides is 1. The summed E-state index contributed by atoms with van der Waals surface area (Å²) in [4.78, 5) is 18.7. The first-order chi connectivity index (χ1) is 10.5. The number of carbonyl (C=O) groups is 1. The van der Waals surface area contributed by atoms with Crippen LogP contribution in [0.1, 0.15) is 24.2 Å². The second kappa shape index (κ2) is 7.47. The van der Waals surface area contributed by atoms with Gasteiger partial charge in [-0.15, -0.1) is 0 Å². The van der Waals surface area contributed by atoms with Crippen LogP contribution < -0.4 is 10.2 Å². The Morgan fingerprint density at radius 2 is 1.86 bits per heavy atom. The fourth-order valence-corrected chi connectivity index (χ4v) is 2.33. The minimum absolute atomic E-state index is 0.254. The molecule has 116 valence electrons. The molecule has 0 atom stereocenters. The number of hydrogen-bond donors (Lipinski definition) is 1. The molecule has 1 aromatic heterocycles. The first kappa shape index (κ1) is 16.6. The van der Waals surface area contributed by atoms with E-state index in [1.807, 2.05) is 12.1 Å². The van der Waals surface area contributed by atoms with Gasteiger partial charge in [0.25, 0.3) is 5.91 Å². The van der Waals surface area contributed by atoms with Crippen molar-refractivity contribution in [3.05, 3.63) is 52.1 Å². The number of rotatable bonds is 5.